The first-order valence-electron chi connectivity index (χ1n) is 10.8. The van der Waals surface area contributed by atoms with Crippen molar-refractivity contribution in [1.29, 1.82) is 0 Å². The van der Waals surface area contributed by atoms with Crippen molar-refractivity contribution in [2.45, 2.75) is 30.4 Å². The minimum Gasteiger partial charge on any atom is -0.505 e. The van der Waals surface area contributed by atoms with E-state index in [2.05, 4.69) is 9.97 Å². The second-order valence-corrected chi connectivity index (χ2v) is 9.04. The molecule has 3 heterocycles. The second kappa shape index (κ2) is 8.92. The molecule has 5 aromatic rings. The predicted octanol–water partition coefficient (Wildman–Crippen LogP) is 4.43. The highest BCUT2D eigenvalue weighted by Gasteiger charge is 2.23. The molecule has 0 fully saturated rings. The smallest absolute Gasteiger partial charge is 0.354 e. The van der Waals surface area contributed by atoms with E-state index in [1.54, 1.807) is 42.0 Å². The van der Waals surface area contributed by atoms with Crippen molar-refractivity contribution in [2.75, 3.05) is 7.11 Å². The van der Waals surface area contributed by atoms with Crippen LogP contribution in [0.15, 0.2) is 78.7 Å². The van der Waals surface area contributed by atoms with Crippen LogP contribution >= 0.6 is 11.8 Å². The van der Waals surface area contributed by atoms with Gasteiger partial charge in [-0.2, -0.15) is 0 Å². The Morgan fingerprint density at radius 2 is 1.71 bits per heavy atom. The molecule has 0 spiro atoms. The summed E-state index contributed by atoms with van der Waals surface area (Å²) in [6.07, 6.45) is 0. The molecule has 0 aliphatic carbocycles. The Bertz CT molecular complexity index is 1690. The van der Waals surface area contributed by atoms with E-state index in [0.717, 1.165) is 28.7 Å². The second-order valence-electron chi connectivity index (χ2n) is 8.06. The molecular formula is C26H21N3O5S. The van der Waals surface area contributed by atoms with Crippen molar-refractivity contribution in [1.82, 2.24) is 14.5 Å². The van der Waals surface area contributed by atoms with Gasteiger partial charge in [-0.3, -0.25) is 4.79 Å². The first kappa shape index (κ1) is 22.7. The molecular weight excluding hydrogens is 466 g/mol. The van der Waals surface area contributed by atoms with Crippen molar-refractivity contribution < 1.29 is 14.3 Å². The topological polar surface area (TPSA) is 107 Å². The molecule has 0 aliphatic heterocycles. The Kier molecular flexibility index (Phi) is 5.78. The fourth-order valence-electron chi connectivity index (χ4n) is 4.03. The number of aryl methyl sites for hydroxylation is 2. The molecule has 176 valence electrons. The van der Waals surface area contributed by atoms with Crippen molar-refractivity contribution in [3.05, 3.63) is 92.3 Å². The summed E-state index contributed by atoms with van der Waals surface area (Å²) in [5.74, 6) is 0.266. The number of pyridine rings is 1. The Balaban J connectivity index is 1.74. The molecule has 5 rings (SSSR count). The lowest BCUT2D eigenvalue weighted by Crippen LogP contribution is -2.22. The van der Waals surface area contributed by atoms with E-state index in [1.807, 2.05) is 38.1 Å². The molecule has 0 atom stereocenters. The molecule has 35 heavy (non-hydrogen) atoms. The fourth-order valence-corrected chi connectivity index (χ4v) is 4.92. The minimum atomic E-state index is -0.764. The molecule has 1 N–H and O–H groups in total. The summed E-state index contributed by atoms with van der Waals surface area (Å²) in [7, 11) is 1.59. The number of rotatable bonds is 5. The number of para-hydroxylation sites is 1. The molecule has 3 aromatic heterocycles. The van der Waals surface area contributed by atoms with Crippen LogP contribution in [0.1, 0.15) is 17.0 Å². The van der Waals surface area contributed by atoms with Gasteiger partial charge in [0.1, 0.15) is 16.0 Å². The van der Waals surface area contributed by atoms with Crippen LogP contribution in [0.4, 0.5) is 0 Å². The molecule has 0 saturated heterocycles. The third kappa shape index (κ3) is 4.15. The number of nitrogens with zero attached hydrogens (tertiary/aromatic N) is 3. The summed E-state index contributed by atoms with van der Waals surface area (Å²) in [6.45, 7) is 3.87. The van der Waals surface area contributed by atoms with Gasteiger partial charge in [0.25, 0.3) is 5.56 Å². The van der Waals surface area contributed by atoms with Crippen molar-refractivity contribution in [2.24, 2.45) is 0 Å². The van der Waals surface area contributed by atoms with Gasteiger partial charge >= 0.3 is 5.63 Å². The lowest BCUT2D eigenvalue weighted by molar-refractivity contribution is 0.414. The molecule has 0 bridgehead atoms. The summed E-state index contributed by atoms with van der Waals surface area (Å²) in [5, 5.41) is 11.9. The molecule has 8 nitrogen and oxygen atoms in total. The number of benzene rings is 2. The van der Waals surface area contributed by atoms with Gasteiger partial charge in [0.05, 0.1) is 19.2 Å². The predicted molar refractivity (Wildman–Crippen MR) is 134 cm³/mol. The van der Waals surface area contributed by atoms with E-state index in [1.165, 1.54) is 0 Å². The number of hydrogen-bond donors (Lipinski definition) is 1. The van der Waals surface area contributed by atoms with E-state index >= 15 is 0 Å². The first-order valence-corrected chi connectivity index (χ1v) is 11.6. The molecule has 0 saturated carbocycles. The maximum absolute atomic E-state index is 13.7. The average Bonchev–Trinajstić information content (AvgIpc) is 2.84. The number of hydrogen-bond acceptors (Lipinski definition) is 8. The van der Waals surface area contributed by atoms with Gasteiger partial charge in [0, 0.05) is 16.8 Å². The van der Waals surface area contributed by atoms with Crippen LogP contribution in [0.3, 0.4) is 0 Å². The molecule has 9 heteroatoms. The Hall–Kier alpha value is -4.11. The van der Waals surface area contributed by atoms with Crippen LogP contribution in [0.2, 0.25) is 0 Å². The number of aromatic nitrogens is 3. The van der Waals surface area contributed by atoms with Gasteiger partial charge in [0.2, 0.25) is 0 Å². The van der Waals surface area contributed by atoms with Gasteiger partial charge in [-0.15, -0.1) is 0 Å². The fraction of sp³-hybridized carbons (Fsp3) is 0.154. The standard InChI is InChI=1S/C26H21N3O5S/c1-14-12-15(2)28-26(27-14)35-23-21(30)20-22(34-25(23)32)18-6-4-5-7-19(18)29(24(20)31)13-16-8-10-17(33-3)11-9-16/h4-12,30H,13H2,1-3H3. The van der Waals surface area contributed by atoms with Gasteiger partial charge < -0.3 is 18.8 Å². The zero-order chi connectivity index (χ0) is 24.7. The number of fused-ring (bicyclic) bond motifs is 3. The SMILES string of the molecule is COc1ccc(Cn2c(=O)c3c(O)c(Sc4nc(C)cc(C)n4)c(=O)oc3c3ccccc32)cc1. The van der Waals surface area contributed by atoms with Crippen LogP contribution in [-0.4, -0.2) is 26.8 Å². The Morgan fingerprint density at radius 1 is 1.03 bits per heavy atom. The van der Waals surface area contributed by atoms with Gasteiger partial charge in [0.15, 0.2) is 16.5 Å². The van der Waals surface area contributed by atoms with Gasteiger partial charge in [-0.05, 0) is 61.5 Å². The maximum Gasteiger partial charge on any atom is 0.354 e. The molecule has 0 unspecified atom stereocenters. The largest absolute Gasteiger partial charge is 0.505 e. The lowest BCUT2D eigenvalue weighted by Gasteiger charge is -2.14. The van der Waals surface area contributed by atoms with Crippen LogP contribution in [0, 0.1) is 13.8 Å². The van der Waals surface area contributed by atoms with Crippen LogP contribution in [0.25, 0.3) is 21.9 Å². The van der Waals surface area contributed by atoms with Crippen molar-refractivity contribution in [3.63, 3.8) is 0 Å². The third-order valence-electron chi connectivity index (χ3n) is 5.61. The molecule has 0 amide bonds. The van der Waals surface area contributed by atoms with Crippen LogP contribution in [0.5, 0.6) is 11.5 Å². The quantitative estimate of drug-likeness (QED) is 0.287. The van der Waals surface area contributed by atoms with E-state index in [4.69, 9.17) is 9.15 Å². The van der Waals surface area contributed by atoms with Gasteiger partial charge in [-0.1, -0.05) is 24.3 Å². The highest BCUT2D eigenvalue weighted by Crippen LogP contribution is 2.36. The first-order chi connectivity index (χ1) is 16.9. The summed E-state index contributed by atoms with van der Waals surface area (Å²) in [4.78, 5) is 35.1. The third-order valence-corrected chi connectivity index (χ3v) is 6.54. The van der Waals surface area contributed by atoms with E-state index < -0.39 is 16.9 Å². The number of methoxy groups -OCH3 is 1. The summed E-state index contributed by atoms with van der Waals surface area (Å²) in [6, 6.07) is 16.3. The van der Waals surface area contributed by atoms with E-state index in [-0.39, 0.29) is 27.6 Å². The summed E-state index contributed by atoms with van der Waals surface area (Å²) >= 11 is 0.872. The average molecular weight is 488 g/mol. The lowest BCUT2D eigenvalue weighted by atomic mass is 10.1. The summed E-state index contributed by atoms with van der Waals surface area (Å²) < 4.78 is 12.4. The van der Waals surface area contributed by atoms with Crippen LogP contribution in [-0.2, 0) is 6.54 Å². The molecule has 0 aliphatic rings. The number of aromatic hydroxyl groups is 1. The maximum atomic E-state index is 13.7. The van der Waals surface area contributed by atoms with E-state index in [9.17, 15) is 14.7 Å². The van der Waals surface area contributed by atoms with Crippen LogP contribution < -0.4 is 15.9 Å². The highest BCUT2D eigenvalue weighted by molar-refractivity contribution is 7.99. The zero-order valence-corrected chi connectivity index (χ0v) is 20.0. The van der Waals surface area contributed by atoms with Gasteiger partial charge in [-0.25, -0.2) is 14.8 Å². The van der Waals surface area contributed by atoms with E-state index in [0.29, 0.717) is 16.7 Å². The monoisotopic (exact) mass is 487 g/mol. The highest BCUT2D eigenvalue weighted by atomic mass is 32.2. The van der Waals surface area contributed by atoms with Crippen molar-refractivity contribution >= 4 is 33.6 Å². The Labute approximate surface area is 203 Å². The normalized spacial score (nSPS) is 11.3. The zero-order valence-electron chi connectivity index (χ0n) is 19.2. The minimum absolute atomic E-state index is 0.0461. The summed E-state index contributed by atoms with van der Waals surface area (Å²) in [5.41, 5.74) is 1.70. The van der Waals surface area contributed by atoms with Crippen molar-refractivity contribution in [3.8, 4) is 11.5 Å². The molecule has 2 aromatic carbocycles. The molecule has 0 radical (unpaired) electrons. The number of ether oxygens (including phenoxy) is 1. The Morgan fingerprint density at radius 3 is 2.40 bits per heavy atom.